The second-order valence-corrected chi connectivity index (χ2v) is 5.81. The molecule has 8 heteroatoms. The third kappa shape index (κ3) is 4.63. The van der Waals surface area contributed by atoms with E-state index in [0.717, 1.165) is 4.47 Å². The van der Waals surface area contributed by atoms with Gasteiger partial charge in [0.25, 0.3) is 11.6 Å². The third-order valence-corrected chi connectivity index (χ3v) is 3.62. The highest BCUT2D eigenvalue weighted by atomic mass is 79.9. The minimum absolute atomic E-state index is 0.0838. The Labute approximate surface area is 145 Å². The number of rotatable bonds is 5. The Balaban J connectivity index is 1.92. The molecule has 124 valence electrons. The standard InChI is InChI=1S/C16H13BrN2O5/c1-10-8-11(2-7-14(10)19(22)23)16(21)24-9-15(20)18-13-5-3-12(17)4-6-13/h2-8H,9H2,1H3,(H,18,20). The van der Waals surface area contributed by atoms with Crippen LogP contribution in [0.25, 0.3) is 0 Å². The lowest BCUT2D eigenvalue weighted by Crippen LogP contribution is -2.21. The largest absolute Gasteiger partial charge is 0.452 e. The van der Waals surface area contributed by atoms with Crippen LogP contribution in [0.3, 0.4) is 0 Å². The Morgan fingerprint density at radius 2 is 1.88 bits per heavy atom. The van der Waals surface area contributed by atoms with E-state index < -0.39 is 23.4 Å². The summed E-state index contributed by atoms with van der Waals surface area (Å²) in [6, 6.07) is 10.8. The molecule has 2 aromatic carbocycles. The monoisotopic (exact) mass is 392 g/mol. The maximum atomic E-state index is 11.9. The van der Waals surface area contributed by atoms with Crippen molar-refractivity contribution in [3.05, 3.63) is 68.2 Å². The van der Waals surface area contributed by atoms with E-state index in [0.29, 0.717) is 11.3 Å². The van der Waals surface area contributed by atoms with Crippen LogP contribution in [-0.2, 0) is 9.53 Å². The lowest BCUT2D eigenvalue weighted by molar-refractivity contribution is -0.385. The van der Waals surface area contributed by atoms with Crippen LogP contribution in [0, 0.1) is 17.0 Å². The number of ether oxygens (including phenoxy) is 1. The molecule has 0 spiro atoms. The minimum atomic E-state index is -0.723. The highest BCUT2D eigenvalue weighted by Gasteiger charge is 2.15. The summed E-state index contributed by atoms with van der Waals surface area (Å²) in [5, 5.41) is 13.3. The van der Waals surface area contributed by atoms with Crippen LogP contribution in [0.4, 0.5) is 11.4 Å². The van der Waals surface area contributed by atoms with Gasteiger partial charge >= 0.3 is 5.97 Å². The molecule has 24 heavy (non-hydrogen) atoms. The molecule has 0 aliphatic carbocycles. The van der Waals surface area contributed by atoms with Crippen LogP contribution >= 0.6 is 15.9 Å². The summed E-state index contributed by atoms with van der Waals surface area (Å²) in [6.45, 7) is 1.07. The lowest BCUT2D eigenvalue weighted by Gasteiger charge is -2.07. The zero-order chi connectivity index (χ0) is 17.7. The fraction of sp³-hybridized carbons (Fsp3) is 0.125. The van der Waals surface area contributed by atoms with Gasteiger partial charge in [0.15, 0.2) is 6.61 Å². The zero-order valence-corrected chi connectivity index (χ0v) is 14.2. The molecule has 0 saturated carbocycles. The van der Waals surface area contributed by atoms with Crippen molar-refractivity contribution in [3.8, 4) is 0 Å². The number of aryl methyl sites for hydroxylation is 1. The first kappa shape index (κ1) is 17.6. The maximum absolute atomic E-state index is 11.9. The molecule has 0 aromatic heterocycles. The Kier molecular flexibility index (Phi) is 5.64. The van der Waals surface area contributed by atoms with Crippen LogP contribution in [0.2, 0.25) is 0 Å². The van der Waals surface area contributed by atoms with Gasteiger partial charge in [-0.05, 0) is 43.3 Å². The molecule has 0 aliphatic rings. The van der Waals surface area contributed by atoms with Crippen molar-refractivity contribution in [2.45, 2.75) is 6.92 Å². The number of nitro groups is 1. The molecular weight excluding hydrogens is 380 g/mol. The van der Waals surface area contributed by atoms with Gasteiger partial charge in [0.2, 0.25) is 0 Å². The summed E-state index contributed by atoms with van der Waals surface area (Å²) in [7, 11) is 0. The second kappa shape index (κ2) is 7.69. The third-order valence-electron chi connectivity index (χ3n) is 3.09. The molecule has 0 fully saturated rings. The fourth-order valence-corrected chi connectivity index (χ4v) is 2.20. The number of nitro benzene ring substituents is 1. The number of benzene rings is 2. The van der Waals surface area contributed by atoms with Crippen LogP contribution in [0.1, 0.15) is 15.9 Å². The average Bonchev–Trinajstić information content (AvgIpc) is 2.54. The second-order valence-electron chi connectivity index (χ2n) is 4.89. The Morgan fingerprint density at radius 1 is 1.21 bits per heavy atom. The van der Waals surface area contributed by atoms with Crippen molar-refractivity contribution < 1.29 is 19.2 Å². The zero-order valence-electron chi connectivity index (χ0n) is 12.6. The topological polar surface area (TPSA) is 98.5 Å². The molecule has 0 heterocycles. The first-order valence-electron chi connectivity index (χ1n) is 6.84. The number of nitrogens with zero attached hydrogens (tertiary/aromatic N) is 1. The molecule has 0 unspecified atom stereocenters. The number of nitrogens with one attached hydrogen (secondary N) is 1. The van der Waals surface area contributed by atoms with Gasteiger partial charge in [-0.25, -0.2) is 4.79 Å². The molecule has 0 atom stereocenters. The summed E-state index contributed by atoms with van der Waals surface area (Å²) in [4.78, 5) is 33.9. The van der Waals surface area contributed by atoms with Gasteiger partial charge < -0.3 is 10.1 Å². The minimum Gasteiger partial charge on any atom is -0.452 e. The molecule has 1 amide bonds. The number of carbonyl (C=O) groups excluding carboxylic acids is 2. The molecule has 7 nitrogen and oxygen atoms in total. The lowest BCUT2D eigenvalue weighted by atomic mass is 10.1. The number of amides is 1. The normalized spacial score (nSPS) is 10.1. The molecule has 1 N–H and O–H groups in total. The summed E-state index contributed by atoms with van der Waals surface area (Å²) >= 11 is 3.28. The summed E-state index contributed by atoms with van der Waals surface area (Å²) in [6.07, 6.45) is 0. The summed E-state index contributed by atoms with van der Waals surface area (Å²) < 4.78 is 5.79. The van der Waals surface area contributed by atoms with E-state index in [1.54, 1.807) is 24.3 Å². The Bertz CT molecular complexity index is 790. The number of esters is 1. The Hall–Kier alpha value is -2.74. The van der Waals surface area contributed by atoms with Gasteiger partial charge in [0, 0.05) is 21.8 Å². The SMILES string of the molecule is Cc1cc(C(=O)OCC(=O)Nc2ccc(Br)cc2)ccc1[N+](=O)[O-]. The van der Waals surface area contributed by atoms with E-state index in [-0.39, 0.29) is 11.3 Å². The van der Waals surface area contributed by atoms with Gasteiger partial charge in [0.1, 0.15) is 0 Å². The van der Waals surface area contributed by atoms with E-state index in [4.69, 9.17) is 4.74 Å². The molecule has 0 aliphatic heterocycles. The average molecular weight is 393 g/mol. The van der Waals surface area contributed by atoms with E-state index in [9.17, 15) is 19.7 Å². The molecule has 2 rings (SSSR count). The maximum Gasteiger partial charge on any atom is 0.338 e. The molecule has 0 bridgehead atoms. The first-order chi connectivity index (χ1) is 11.4. The van der Waals surface area contributed by atoms with E-state index in [1.165, 1.54) is 25.1 Å². The fourth-order valence-electron chi connectivity index (χ4n) is 1.93. The van der Waals surface area contributed by atoms with Crippen molar-refractivity contribution in [2.75, 3.05) is 11.9 Å². The van der Waals surface area contributed by atoms with Gasteiger partial charge in [0.05, 0.1) is 10.5 Å². The first-order valence-corrected chi connectivity index (χ1v) is 7.63. The highest BCUT2D eigenvalue weighted by molar-refractivity contribution is 9.10. The Morgan fingerprint density at radius 3 is 2.46 bits per heavy atom. The molecule has 0 radical (unpaired) electrons. The predicted molar refractivity (Wildman–Crippen MR) is 90.9 cm³/mol. The number of anilines is 1. The van der Waals surface area contributed by atoms with Crippen LogP contribution in [0.5, 0.6) is 0 Å². The number of carbonyl (C=O) groups is 2. The van der Waals surface area contributed by atoms with Crippen molar-refractivity contribution in [1.29, 1.82) is 0 Å². The summed E-state index contributed by atoms with van der Waals surface area (Å²) in [5.74, 6) is -1.21. The van der Waals surface area contributed by atoms with Crippen molar-refractivity contribution in [3.63, 3.8) is 0 Å². The highest BCUT2D eigenvalue weighted by Crippen LogP contribution is 2.19. The van der Waals surface area contributed by atoms with Gasteiger partial charge in [-0.15, -0.1) is 0 Å². The van der Waals surface area contributed by atoms with Gasteiger partial charge in [-0.2, -0.15) is 0 Å². The van der Waals surface area contributed by atoms with E-state index in [2.05, 4.69) is 21.2 Å². The molecule has 2 aromatic rings. The smallest absolute Gasteiger partial charge is 0.338 e. The van der Waals surface area contributed by atoms with E-state index in [1.807, 2.05) is 0 Å². The van der Waals surface area contributed by atoms with E-state index >= 15 is 0 Å². The van der Waals surface area contributed by atoms with Crippen LogP contribution in [0.15, 0.2) is 46.9 Å². The predicted octanol–water partition coefficient (Wildman–Crippen LogP) is 3.46. The number of halogens is 1. The van der Waals surface area contributed by atoms with Gasteiger partial charge in [-0.3, -0.25) is 14.9 Å². The summed E-state index contributed by atoms with van der Waals surface area (Å²) in [5.41, 5.74) is 0.980. The van der Waals surface area contributed by atoms with Crippen molar-refractivity contribution in [1.82, 2.24) is 0 Å². The molecule has 0 saturated heterocycles. The van der Waals surface area contributed by atoms with Crippen molar-refractivity contribution in [2.24, 2.45) is 0 Å². The van der Waals surface area contributed by atoms with Crippen LogP contribution < -0.4 is 5.32 Å². The quantitative estimate of drug-likeness (QED) is 0.477. The molecular formula is C16H13BrN2O5. The van der Waals surface area contributed by atoms with Gasteiger partial charge in [-0.1, -0.05) is 15.9 Å². The number of hydrogen-bond donors (Lipinski definition) is 1. The van der Waals surface area contributed by atoms with Crippen LogP contribution in [-0.4, -0.2) is 23.4 Å². The number of hydrogen-bond acceptors (Lipinski definition) is 5. The van der Waals surface area contributed by atoms with Crippen molar-refractivity contribution >= 4 is 39.2 Å².